The van der Waals surface area contributed by atoms with Crippen LogP contribution in [-0.4, -0.2) is 17.5 Å². The van der Waals surface area contributed by atoms with Gasteiger partial charge in [-0.3, -0.25) is 4.79 Å². The summed E-state index contributed by atoms with van der Waals surface area (Å²) in [6.07, 6.45) is 6.39. The van der Waals surface area contributed by atoms with Gasteiger partial charge in [-0.2, -0.15) is 0 Å². The molecule has 0 aromatic carbocycles. The molecule has 0 aromatic heterocycles. The molecule has 0 unspecified atom stereocenters. The van der Waals surface area contributed by atoms with Crippen molar-refractivity contribution in [2.24, 2.45) is 0 Å². The molecule has 1 amide bonds. The Morgan fingerprint density at radius 2 is 2.00 bits per heavy atom. The van der Waals surface area contributed by atoms with Crippen molar-refractivity contribution in [2.75, 3.05) is 7.05 Å². The molecule has 1 aliphatic rings. The highest BCUT2D eigenvalue weighted by atomic mass is 32.2. The summed E-state index contributed by atoms with van der Waals surface area (Å²) < 4.78 is 0. The third kappa shape index (κ3) is 3.14. The minimum absolute atomic E-state index is 0.122. The van der Waals surface area contributed by atoms with Crippen LogP contribution in [0.5, 0.6) is 0 Å². The molecule has 2 nitrogen and oxygen atoms in total. The summed E-state index contributed by atoms with van der Waals surface area (Å²) in [6, 6.07) is 0. The monoisotopic (exact) mass is 173 g/mol. The van der Waals surface area contributed by atoms with Gasteiger partial charge in [-0.1, -0.05) is 31.0 Å². The topological polar surface area (TPSA) is 29.1 Å². The van der Waals surface area contributed by atoms with Gasteiger partial charge in [0.1, 0.15) is 0 Å². The lowest BCUT2D eigenvalue weighted by Crippen LogP contribution is -2.18. The van der Waals surface area contributed by atoms with E-state index in [0.717, 1.165) is 0 Å². The highest BCUT2D eigenvalue weighted by molar-refractivity contribution is 8.14. The summed E-state index contributed by atoms with van der Waals surface area (Å²) in [7, 11) is 1.69. The predicted molar refractivity (Wildman–Crippen MR) is 48.9 cm³/mol. The Labute approximate surface area is 72.1 Å². The van der Waals surface area contributed by atoms with Gasteiger partial charge >= 0.3 is 0 Å². The molecule has 1 N–H and O–H groups in total. The molecule has 1 fully saturated rings. The van der Waals surface area contributed by atoms with E-state index in [1.54, 1.807) is 7.05 Å². The molecule has 0 atom stereocenters. The first-order chi connectivity index (χ1) is 5.33. The summed E-state index contributed by atoms with van der Waals surface area (Å²) in [6.45, 7) is 0. The normalized spacial score (nSPS) is 19.7. The Morgan fingerprint density at radius 1 is 1.36 bits per heavy atom. The van der Waals surface area contributed by atoms with Gasteiger partial charge < -0.3 is 5.32 Å². The van der Waals surface area contributed by atoms with E-state index in [4.69, 9.17) is 0 Å². The Bertz CT molecular complexity index is 132. The maximum atomic E-state index is 10.9. The molecule has 0 spiro atoms. The average Bonchev–Trinajstić information content (AvgIpc) is 2.06. The van der Waals surface area contributed by atoms with Crippen LogP contribution < -0.4 is 5.32 Å². The lowest BCUT2D eigenvalue weighted by atomic mass is 10.0. The van der Waals surface area contributed by atoms with Crippen molar-refractivity contribution in [3.8, 4) is 0 Å². The minimum Gasteiger partial charge on any atom is -0.350 e. The van der Waals surface area contributed by atoms with Gasteiger partial charge in [0.2, 0.25) is 0 Å². The molecule has 64 valence electrons. The first-order valence-corrected chi connectivity index (χ1v) is 5.09. The zero-order chi connectivity index (χ0) is 8.10. The van der Waals surface area contributed by atoms with Crippen LogP contribution in [0, 0.1) is 0 Å². The van der Waals surface area contributed by atoms with Crippen LogP contribution in [0.3, 0.4) is 0 Å². The lowest BCUT2D eigenvalue weighted by Gasteiger charge is -2.19. The minimum atomic E-state index is 0.122. The Kier molecular flexibility index (Phi) is 3.77. The Hall–Kier alpha value is -0.180. The van der Waals surface area contributed by atoms with Gasteiger partial charge in [-0.15, -0.1) is 0 Å². The fraction of sp³-hybridized carbons (Fsp3) is 0.875. The van der Waals surface area contributed by atoms with E-state index < -0.39 is 0 Å². The second kappa shape index (κ2) is 4.65. The number of rotatable bonds is 1. The predicted octanol–water partition coefficient (Wildman–Crippen LogP) is 2.39. The van der Waals surface area contributed by atoms with Crippen LogP contribution in [0.1, 0.15) is 32.1 Å². The molecule has 1 rings (SSSR count). The van der Waals surface area contributed by atoms with Crippen molar-refractivity contribution in [2.45, 2.75) is 37.4 Å². The van der Waals surface area contributed by atoms with E-state index in [9.17, 15) is 4.79 Å². The second-order valence-electron chi connectivity index (χ2n) is 2.92. The zero-order valence-corrected chi connectivity index (χ0v) is 7.75. The molecule has 0 radical (unpaired) electrons. The third-order valence-electron chi connectivity index (χ3n) is 2.03. The zero-order valence-electron chi connectivity index (χ0n) is 6.93. The standard InChI is InChI=1S/C8H15NOS/c1-9-8(10)11-7-5-3-2-4-6-7/h7H,2-6H2,1H3,(H,9,10). The fourth-order valence-electron chi connectivity index (χ4n) is 1.39. The molecule has 0 heterocycles. The van der Waals surface area contributed by atoms with E-state index in [1.807, 2.05) is 0 Å². The summed E-state index contributed by atoms with van der Waals surface area (Å²) in [5.74, 6) is 0. The maximum Gasteiger partial charge on any atom is 0.279 e. The number of carbonyl (C=O) groups is 1. The van der Waals surface area contributed by atoms with E-state index in [2.05, 4.69) is 5.32 Å². The highest BCUT2D eigenvalue weighted by Gasteiger charge is 2.16. The molecule has 0 saturated heterocycles. The van der Waals surface area contributed by atoms with Crippen molar-refractivity contribution in [1.82, 2.24) is 5.32 Å². The maximum absolute atomic E-state index is 10.9. The lowest BCUT2D eigenvalue weighted by molar-refractivity contribution is 0.262. The number of nitrogens with one attached hydrogen (secondary N) is 1. The van der Waals surface area contributed by atoms with Gasteiger partial charge in [0.25, 0.3) is 5.24 Å². The van der Waals surface area contributed by atoms with Crippen LogP contribution in [-0.2, 0) is 0 Å². The van der Waals surface area contributed by atoms with Gasteiger partial charge in [0.05, 0.1) is 0 Å². The van der Waals surface area contributed by atoms with Crippen molar-refractivity contribution >= 4 is 17.0 Å². The molecule has 3 heteroatoms. The Balaban J connectivity index is 2.19. The second-order valence-corrected chi connectivity index (χ2v) is 4.19. The largest absolute Gasteiger partial charge is 0.350 e. The third-order valence-corrected chi connectivity index (χ3v) is 3.25. The first-order valence-electron chi connectivity index (χ1n) is 4.21. The molecule has 11 heavy (non-hydrogen) atoms. The van der Waals surface area contributed by atoms with Crippen LogP contribution >= 0.6 is 11.8 Å². The van der Waals surface area contributed by atoms with E-state index in [0.29, 0.717) is 5.25 Å². The number of thioether (sulfide) groups is 1. The smallest absolute Gasteiger partial charge is 0.279 e. The number of hydrogen-bond donors (Lipinski definition) is 1. The van der Waals surface area contributed by atoms with Crippen molar-refractivity contribution in [3.63, 3.8) is 0 Å². The fourth-order valence-corrected chi connectivity index (χ4v) is 2.38. The molecule has 0 aromatic rings. The molecular weight excluding hydrogens is 158 g/mol. The van der Waals surface area contributed by atoms with Crippen molar-refractivity contribution in [3.05, 3.63) is 0 Å². The van der Waals surface area contributed by atoms with Gasteiger partial charge in [0.15, 0.2) is 0 Å². The number of carbonyl (C=O) groups excluding carboxylic acids is 1. The number of hydrogen-bond acceptors (Lipinski definition) is 2. The molecule has 0 aliphatic heterocycles. The van der Waals surface area contributed by atoms with Crippen LogP contribution in [0.25, 0.3) is 0 Å². The van der Waals surface area contributed by atoms with Crippen LogP contribution in [0.15, 0.2) is 0 Å². The van der Waals surface area contributed by atoms with Crippen molar-refractivity contribution in [1.29, 1.82) is 0 Å². The van der Waals surface area contributed by atoms with E-state index >= 15 is 0 Å². The molecule has 1 aliphatic carbocycles. The summed E-state index contributed by atoms with van der Waals surface area (Å²) in [5.41, 5.74) is 0. The summed E-state index contributed by atoms with van der Waals surface area (Å²) in [5, 5.41) is 3.35. The molecule has 1 saturated carbocycles. The molecule has 0 bridgehead atoms. The summed E-state index contributed by atoms with van der Waals surface area (Å²) >= 11 is 1.47. The van der Waals surface area contributed by atoms with Crippen LogP contribution in [0.2, 0.25) is 0 Å². The first kappa shape index (κ1) is 8.91. The average molecular weight is 173 g/mol. The van der Waals surface area contributed by atoms with Gasteiger partial charge in [0, 0.05) is 12.3 Å². The Morgan fingerprint density at radius 3 is 2.55 bits per heavy atom. The van der Waals surface area contributed by atoms with Gasteiger partial charge in [-0.05, 0) is 12.8 Å². The van der Waals surface area contributed by atoms with Crippen molar-refractivity contribution < 1.29 is 4.79 Å². The summed E-state index contributed by atoms with van der Waals surface area (Å²) in [4.78, 5) is 10.9. The SMILES string of the molecule is CNC(=O)SC1CCCCC1. The van der Waals surface area contributed by atoms with Gasteiger partial charge in [-0.25, -0.2) is 0 Å². The number of amides is 1. The van der Waals surface area contributed by atoms with Crippen LogP contribution in [0.4, 0.5) is 4.79 Å². The van der Waals surface area contributed by atoms with E-state index in [1.165, 1.54) is 43.9 Å². The van der Waals surface area contributed by atoms with E-state index in [-0.39, 0.29) is 5.24 Å². The molecular formula is C8H15NOS. The highest BCUT2D eigenvalue weighted by Crippen LogP contribution is 2.28. The quantitative estimate of drug-likeness (QED) is 0.659.